The summed E-state index contributed by atoms with van der Waals surface area (Å²) in [6.07, 6.45) is 0. The predicted molar refractivity (Wildman–Crippen MR) is 76.6 cm³/mol. The maximum absolute atomic E-state index is 10.7. The molecule has 2 rings (SSSR count). The summed E-state index contributed by atoms with van der Waals surface area (Å²) in [4.78, 5) is 10.3. The highest BCUT2D eigenvalue weighted by Crippen LogP contribution is 2.19. The monoisotopic (exact) mass is 276 g/mol. The minimum Gasteiger partial charge on any atom is -0.381 e. The number of benzene rings is 2. The lowest BCUT2D eigenvalue weighted by Gasteiger charge is -2.09. The predicted octanol–water partition coefficient (Wildman–Crippen LogP) is 4.17. The van der Waals surface area contributed by atoms with E-state index in [1.54, 1.807) is 12.1 Å². The Bertz CT molecular complexity index is 614. The summed E-state index contributed by atoms with van der Waals surface area (Å²) >= 11 is 5.89. The zero-order valence-electron chi connectivity index (χ0n) is 10.4. The van der Waals surface area contributed by atoms with Gasteiger partial charge >= 0.3 is 0 Å². The van der Waals surface area contributed by atoms with Crippen LogP contribution in [0.15, 0.2) is 42.5 Å². The van der Waals surface area contributed by atoms with Crippen LogP contribution in [0.1, 0.15) is 11.1 Å². The molecule has 0 aliphatic carbocycles. The Hall–Kier alpha value is -2.07. The first-order valence-corrected chi connectivity index (χ1v) is 6.17. The van der Waals surface area contributed by atoms with E-state index in [0.717, 1.165) is 16.8 Å². The molecule has 98 valence electrons. The minimum atomic E-state index is -0.404. The quantitative estimate of drug-likeness (QED) is 0.673. The molecule has 2 aromatic rings. The Morgan fingerprint density at radius 3 is 2.74 bits per heavy atom. The zero-order chi connectivity index (χ0) is 13.8. The Kier molecular flexibility index (Phi) is 4.02. The summed E-state index contributed by atoms with van der Waals surface area (Å²) in [7, 11) is 0. The minimum absolute atomic E-state index is 0.0813. The fourth-order valence-electron chi connectivity index (χ4n) is 1.78. The van der Waals surface area contributed by atoms with Gasteiger partial charge in [0.25, 0.3) is 5.69 Å². The SMILES string of the molecule is Cc1cc(Cl)ccc1CNc1cccc([N+](=O)[O-])c1. The summed E-state index contributed by atoms with van der Waals surface area (Å²) < 4.78 is 0. The van der Waals surface area contributed by atoms with Crippen LogP contribution in [0.2, 0.25) is 5.02 Å². The molecule has 0 aromatic heterocycles. The molecule has 0 amide bonds. The highest BCUT2D eigenvalue weighted by Gasteiger charge is 2.05. The Morgan fingerprint density at radius 1 is 1.26 bits per heavy atom. The van der Waals surface area contributed by atoms with Crippen molar-refractivity contribution in [2.75, 3.05) is 5.32 Å². The number of nitrogens with zero attached hydrogens (tertiary/aromatic N) is 1. The number of rotatable bonds is 4. The van der Waals surface area contributed by atoms with E-state index in [2.05, 4.69) is 5.32 Å². The van der Waals surface area contributed by atoms with Crippen LogP contribution in [0, 0.1) is 17.0 Å². The van der Waals surface area contributed by atoms with Gasteiger partial charge in [0.05, 0.1) is 4.92 Å². The first-order valence-electron chi connectivity index (χ1n) is 5.79. The summed E-state index contributed by atoms with van der Waals surface area (Å²) in [5.74, 6) is 0. The van der Waals surface area contributed by atoms with Crippen molar-refractivity contribution >= 4 is 23.0 Å². The molecule has 0 atom stereocenters. The van der Waals surface area contributed by atoms with Crippen molar-refractivity contribution in [3.05, 3.63) is 68.7 Å². The molecular formula is C14H13ClN2O2. The molecule has 0 spiro atoms. The number of anilines is 1. The van der Waals surface area contributed by atoms with Gasteiger partial charge in [0, 0.05) is 29.4 Å². The largest absolute Gasteiger partial charge is 0.381 e. The van der Waals surface area contributed by atoms with E-state index in [-0.39, 0.29) is 5.69 Å². The average Bonchev–Trinajstić information content (AvgIpc) is 2.38. The van der Waals surface area contributed by atoms with Gasteiger partial charge in [0.2, 0.25) is 0 Å². The number of nitro groups is 1. The van der Waals surface area contributed by atoms with Crippen LogP contribution in [0.25, 0.3) is 0 Å². The number of aryl methyl sites for hydroxylation is 1. The van der Waals surface area contributed by atoms with Gasteiger partial charge in [-0.05, 0) is 36.2 Å². The van der Waals surface area contributed by atoms with Gasteiger partial charge < -0.3 is 5.32 Å². The molecule has 19 heavy (non-hydrogen) atoms. The number of halogens is 1. The topological polar surface area (TPSA) is 55.2 Å². The van der Waals surface area contributed by atoms with Crippen molar-refractivity contribution in [3.63, 3.8) is 0 Å². The summed E-state index contributed by atoms with van der Waals surface area (Å²) in [5, 5.41) is 14.6. The number of nitrogens with one attached hydrogen (secondary N) is 1. The Morgan fingerprint density at radius 2 is 2.05 bits per heavy atom. The summed E-state index contributed by atoms with van der Waals surface area (Å²) in [5.41, 5.74) is 3.00. The summed E-state index contributed by atoms with van der Waals surface area (Å²) in [6, 6.07) is 12.1. The molecule has 0 radical (unpaired) electrons. The van der Waals surface area contributed by atoms with Gasteiger partial charge in [-0.15, -0.1) is 0 Å². The third-order valence-corrected chi connectivity index (χ3v) is 3.08. The van der Waals surface area contributed by atoms with Crippen LogP contribution >= 0.6 is 11.6 Å². The fourth-order valence-corrected chi connectivity index (χ4v) is 2.01. The van der Waals surface area contributed by atoms with Crippen LogP contribution in [-0.2, 0) is 6.54 Å². The maximum Gasteiger partial charge on any atom is 0.271 e. The van der Waals surface area contributed by atoms with E-state index < -0.39 is 4.92 Å². The maximum atomic E-state index is 10.7. The van der Waals surface area contributed by atoms with E-state index in [0.29, 0.717) is 11.6 Å². The first kappa shape index (κ1) is 13.4. The van der Waals surface area contributed by atoms with Gasteiger partial charge in [-0.25, -0.2) is 0 Å². The van der Waals surface area contributed by atoms with Crippen molar-refractivity contribution in [2.45, 2.75) is 13.5 Å². The van der Waals surface area contributed by atoms with Crippen LogP contribution in [0.5, 0.6) is 0 Å². The lowest BCUT2D eigenvalue weighted by atomic mass is 10.1. The molecule has 5 heteroatoms. The van der Waals surface area contributed by atoms with Crippen molar-refractivity contribution in [1.29, 1.82) is 0 Å². The van der Waals surface area contributed by atoms with E-state index in [4.69, 9.17) is 11.6 Å². The van der Waals surface area contributed by atoms with E-state index in [9.17, 15) is 10.1 Å². The normalized spacial score (nSPS) is 10.2. The van der Waals surface area contributed by atoms with Gasteiger partial charge in [-0.2, -0.15) is 0 Å². The van der Waals surface area contributed by atoms with Crippen LogP contribution < -0.4 is 5.32 Å². The highest BCUT2D eigenvalue weighted by atomic mass is 35.5. The first-order chi connectivity index (χ1) is 9.06. The fraction of sp³-hybridized carbons (Fsp3) is 0.143. The second-order valence-electron chi connectivity index (χ2n) is 4.23. The Labute approximate surface area is 116 Å². The smallest absolute Gasteiger partial charge is 0.271 e. The van der Waals surface area contributed by atoms with Gasteiger partial charge in [-0.3, -0.25) is 10.1 Å². The van der Waals surface area contributed by atoms with Gasteiger partial charge in [0.1, 0.15) is 0 Å². The van der Waals surface area contributed by atoms with Crippen molar-refractivity contribution in [1.82, 2.24) is 0 Å². The molecule has 0 bridgehead atoms. The molecule has 0 saturated carbocycles. The van der Waals surface area contributed by atoms with Crippen LogP contribution in [-0.4, -0.2) is 4.92 Å². The molecule has 0 heterocycles. The molecule has 0 saturated heterocycles. The second kappa shape index (κ2) is 5.71. The second-order valence-corrected chi connectivity index (χ2v) is 4.67. The van der Waals surface area contributed by atoms with E-state index in [1.165, 1.54) is 12.1 Å². The van der Waals surface area contributed by atoms with Crippen molar-refractivity contribution in [3.8, 4) is 0 Å². The molecule has 0 aliphatic rings. The number of hydrogen-bond donors (Lipinski definition) is 1. The molecule has 2 aromatic carbocycles. The van der Waals surface area contributed by atoms with Crippen LogP contribution in [0.4, 0.5) is 11.4 Å². The molecule has 0 unspecified atom stereocenters. The number of non-ortho nitro benzene ring substituents is 1. The van der Waals surface area contributed by atoms with E-state index >= 15 is 0 Å². The van der Waals surface area contributed by atoms with Gasteiger partial charge in [0.15, 0.2) is 0 Å². The third-order valence-electron chi connectivity index (χ3n) is 2.84. The Balaban J connectivity index is 2.10. The van der Waals surface area contributed by atoms with E-state index in [1.807, 2.05) is 25.1 Å². The average molecular weight is 277 g/mol. The summed E-state index contributed by atoms with van der Waals surface area (Å²) in [6.45, 7) is 2.58. The molecule has 0 fully saturated rings. The van der Waals surface area contributed by atoms with Crippen molar-refractivity contribution in [2.24, 2.45) is 0 Å². The lowest BCUT2D eigenvalue weighted by Crippen LogP contribution is -2.01. The van der Waals surface area contributed by atoms with Gasteiger partial charge in [-0.1, -0.05) is 23.7 Å². The molecule has 1 N–H and O–H groups in total. The zero-order valence-corrected chi connectivity index (χ0v) is 11.1. The molecule has 0 aliphatic heterocycles. The highest BCUT2D eigenvalue weighted by molar-refractivity contribution is 6.30. The van der Waals surface area contributed by atoms with Crippen molar-refractivity contribution < 1.29 is 4.92 Å². The van der Waals surface area contributed by atoms with Crippen LogP contribution in [0.3, 0.4) is 0 Å². The lowest BCUT2D eigenvalue weighted by molar-refractivity contribution is -0.384. The molecule has 4 nitrogen and oxygen atoms in total. The standard InChI is InChI=1S/C14H13ClN2O2/c1-10-7-12(15)6-5-11(10)9-16-13-3-2-4-14(8-13)17(18)19/h2-8,16H,9H2,1H3. The third kappa shape index (κ3) is 3.45. The number of hydrogen-bond acceptors (Lipinski definition) is 3. The molecular weight excluding hydrogens is 264 g/mol. The number of nitro benzene ring substituents is 1.